The molecule has 8 heteroatoms. The molecule has 1 aliphatic carbocycles. The zero-order valence-electron chi connectivity index (χ0n) is 18.5. The second-order valence-corrected chi connectivity index (χ2v) is 10.6. The van der Waals surface area contributed by atoms with Crippen molar-refractivity contribution in [2.75, 3.05) is 37.7 Å². The van der Waals surface area contributed by atoms with Gasteiger partial charge in [0.1, 0.15) is 11.5 Å². The molecule has 3 aliphatic rings. The van der Waals surface area contributed by atoms with E-state index in [1.807, 2.05) is 18.5 Å². The lowest BCUT2D eigenvalue weighted by atomic mass is 9.94. The van der Waals surface area contributed by atoms with Gasteiger partial charge in [0.2, 0.25) is 0 Å². The summed E-state index contributed by atoms with van der Waals surface area (Å²) in [5.41, 5.74) is 3.10. The summed E-state index contributed by atoms with van der Waals surface area (Å²) in [4.78, 5) is 20.3. The minimum absolute atomic E-state index is 0.306. The van der Waals surface area contributed by atoms with Crippen molar-refractivity contribution in [2.45, 2.75) is 49.8 Å². The zero-order valence-corrected chi connectivity index (χ0v) is 19.4. The van der Waals surface area contributed by atoms with Crippen molar-refractivity contribution < 1.29 is 4.74 Å². The lowest BCUT2D eigenvalue weighted by molar-refractivity contribution is 0.0985. The van der Waals surface area contributed by atoms with Crippen molar-refractivity contribution in [3.8, 4) is 11.4 Å². The van der Waals surface area contributed by atoms with E-state index in [9.17, 15) is 0 Å². The average molecular weight is 451 g/mol. The normalized spacial score (nSPS) is 23.2. The van der Waals surface area contributed by atoms with Gasteiger partial charge >= 0.3 is 0 Å². The quantitative estimate of drug-likeness (QED) is 0.583. The van der Waals surface area contributed by atoms with Crippen molar-refractivity contribution in [2.24, 2.45) is 0 Å². The summed E-state index contributed by atoms with van der Waals surface area (Å²) < 4.78 is 8.26. The van der Waals surface area contributed by atoms with Gasteiger partial charge in [0.25, 0.3) is 0 Å². The van der Waals surface area contributed by atoms with Crippen LogP contribution in [0.5, 0.6) is 0 Å². The van der Waals surface area contributed by atoms with Crippen LogP contribution in [-0.2, 0) is 4.74 Å². The van der Waals surface area contributed by atoms with E-state index in [0.717, 1.165) is 79.2 Å². The third-order valence-electron chi connectivity index (χ3n) is 6.79. The molecule has 1 atom stereocenters. The van der Waals surface area contributed by atoms with E-state index in [1.54, 1.807) is 0 Å². The van der Waals surface area contributed by atoms with Gasteiger partial charge in [-0.05, 0) is 44.7 Å². The lowest BCUT2D eigenvalue weighted by Gasteiger charge is -2.35. The van der Waals surface area contributed by atoms with Gasteiger partial charge in [-0.2, -0.15) is 0 Å². The van der Waals surface area contributed by atoms with Gasteiger partial charge in [0.05, 0.1) is 19.3 Å². The largest absolute Gasteiger partial charge is 0.377 e. The van der Waals surface area contributed by atoms with Crippen LogP contribution < -0.4 is 4.90 Å². The third-order valence-corrected chi connectivity index (χ3v) is 8.22. The Hall–Kier alpha value is -2.16. The van der Waals surface area contributed by atoms with Gasteiger partial charge < -0.3 is 14.6 Å². The Morgan fingerprint density at radius 2 is 1.97 bits per heavy atom. The molecule has 32 heavy (non-hydrogen) atoms. The Balaban J connectivity index is 1.35. The molecule has 6 rings (SSSR count). The summed E-state index contributed by atoms with van der Waals surface area (Å²) in [5.74, 6) is 2.31. The number of aromatic amines is 1. The monoisotopic (exact) mass is 450 g/mol. The molecule has 2 aliphatic heterocycles. The van der Waals surface area contributed by atoms with Crippen LogP contribution in [0.3, 0.4) is 0 Å². The zero-order chi connectivity index (χ0) is 21.5. The van der Waals surface area contributed by atoms with Crippen LogP contribution in [0.15, 0.2) is 30.6 Å². The van der Waals surface area contributed by atoms with Gasteiger partial charge in [-0.3, -0.25) is 4.31 Å². The fourth-order valence-corrected chi connectivity index (χ4v) is 5.98. The molecule has 0 spiro atoms. The van der Waals surface area contributed by atoms with Crippen molar-refractivity contribution in [3.05, 3.63) is 36.3 Å². The number of hydrogen-bond acceptors (Lipinski definition) is 7. The van der Waals surface area contributed by atoms with E-state index in [2.05, 4.69) is 50.2 Å². The van der Waals surface area contributed by atoms with Crippen LogP contribution in [0.25, 0.3) is 22.4 Å². The molecule has 0 bridgehead atoms. The molecule has 1 saturated carbocycles. The molecule has 3 fully saturated rings. The van der Waals surface area contributed by atoms with Gasteiger partial charge in [0.15, 0.2) is 5.82 Å². The predicted octanol–water partition coefficient (Wildman–Crippen LogP) is 4.24. The summed E-state index contributed by atoms with van der Waals surface area (Å²) in [6, 6.07) is 6.66. The number of fused-ring (bicyclic) bond motifs is 1. The number of pyridine rings is 1. The minimum Gasteiger partial charge on any atom is -0.377 e. The summed E-state index contributed by atoms with van der Waals surface area (Å²) in [7, 11) is 0. The minimum atomic E-state index is 0.306. The van der Waals surface area contributed by atoms with Crippen LogP contribution in [0.2, 0.25) is 0 Å². The molecule has 1 N–H and O–H groups in total. The Labute approximate surface area is 193 Å². The van der Waals surface area contributed by atoms with E-state index in [-0.39, 0.29) is 0 Å². The molecule has 168 valence electrons. The number of piperidine rings is 1. The first-order chi connectivity index (χ1) is 15.7. The Morgan fingerprint density at radius 3 is 2.78 bits per heavy atom. The standard InChI is InChI=1S/C24H30N6OS/c1-16-15-31-13-12-30(16)22-14-21(17-6-10-29(11-7-17)32-18-2-3-18)27-24(28-22)20-5-9-26-23-19(20)4-8-25-23/h4-5,8-9,14,16-18H,2-3,6-7,10-13,15H2,1H3,(H,25,26). The van der Waals surface area contributed by atoms with Gasteiger partial charge in [-0.25, -0.2) is 15.0 Å². The summed E-state index contributed by atoms with van der Waals surface area (Å²) >= 11 is 2.08. The van der Waals surface area contributed by atoms with Gasteiger partial charge in [0, 0.05) is 65.9 Å². The first-order valence-electron chi connectivity index (χ1n) is 11.8. The molecular weight excluding hydrogens is 420 g/mol. The molecule has 7 nitrogen and oxygen atoms in total. The molecule has 0 radical (unpaired) electrons. The van der Waals surface area contributed by atoms with E-state index in [0.29, 0.717) is 12.0 Å². The highest BCUT2D eigenvalue weighted by molar-refractivity contribution is 7.97. The van der Waals surface area contributed by atoms with Crippen molar-refractivity contribution >= 4 is 28.8 Å². The number of ether oxygens (including phenoxy) is 1. The molecule has 3 aromatic rings. The number of aromatic nitrogens is 4. The molecule has 3 aromatic heterocycles. The second-order valence-electron chi connectivity index (χ2n) is 9.20. The maximum atomic E-state index is 5.69. The fourth-order valence-electron chi connectivity index (χ4n) is 4.79. The van der Waals surface area contributed by atoms with E-state index in [4.69, 9.17) is 14.7 Å². The Bertz CT molecular complexity index is 1090. The first kappa shape index (κ1) is 20.4. The maximum Gasteiger partial charge on any atom is 0.162 e. The second kappa shape index (κ2) is 8.65. The van der Waals surface area contributed by atoms with Crippen LogP contribution in [-0.4, -0.2) is 68.4 Å². The van der Waals surface area contributed by atoms with Crippen molar-refractivity contribution in [1.82, 2.24) is 24.2 Å². The molecular formula is C24H30N6OS. The number of rotatable bonds is 5. The number of nitrogens with one attached hydrogen (secondary N) is 1. The SMILES string of the molecule is CC1COCCN1c1cc(C2CCN(SC3CC3)CC2)nc(-c2ccnc3[nH]ccc23)n1. The summed E-state index contributed by atoms with van der Waals surface area (Å²) in [6.45, 7) is 6.85. The van der Waals surface area contributed by atoms with E-state index in [1.165, 1.54) is 18.5 Å². The molecule has 1 unspecified atom stereocenters. The fraction of sp³-hybridized carbons (Fsp3) is 0.542. The number of hydrogen-bond donors (Lipinski definition) is 1. The van der Waals surface area contributed by atoms with Crippen LogP contribution in [0.1, 0.15) is 44.2 Å². The highest BCUT2D eigenvalue weighted by Gasteiger charge is 2.30. The van der Waals surface area contributed by atoms with Crippen LogP contribution in [0.4, 0.5) is 5.82 Å². The number of morpholine rings is 1. The molecule has 0 amide bonds. The first-order valence-corrected chi connectivity index (χ1v) is 12.7. The highest BCUT2D eigenvalue weighted by atomic mass is 32.2. The average Bonchev–Trinajstić information content (AvgIpc) is 3.51. The molecule has 5 heterocycles. The number of H-pyrrole nitrogens is 1. The Morgan fingerprint density at radius 1 is 1.09 bits per heavy atom. The van der Waals surface area contributed by atoms with E-state index >= 15 is 0 Å². The molecule has 2 saturated heterocycles. The summed E-state index contributed by atoms with van der Waals surface area (Å²) in [5, 5.41) is 1.95. The summed E-state index contributed by atoms with van der Waals surface area (Å²) in [6.07, 6.45) is 8.87. The topological polar surface area (TPSA) is 70.2 Å². The third kappa shape index (κ3) is 4.11. The van der Waals surface area contributed by atoms with Gasteiger partial charge in [-0.15, -0.1) is 0 Å². The number of anilines is 1. The Kier molecular flexibility index (Phi) is 5.53. The lowest BCUT2D eigenvalue weighted by Crippen LogP contribution is -2.44. The van der Waals surface area contributed by atoms with Crippen LogP contribution >= 0.6 is 11.9 Å². The van der Waals surface area contributed by atoms with Crippen molar-refractivity contribution in [1.29, 1.82) is 0 Å². The highest BCUT2D eigenvalue weighted by Crippen LogP contribution is 2.40. The number of nitrogens with zero attached hydrogens (tertiary/aromatic N) is 5. The molecule has 0 aromatic carbocycles. The predicted molar refractivity (Wildman–Crippen MR) is 129 cm³/mol. The van der Waals surface area contributed by atoms with Gasteiger partial charge in [-0.1, -0.05) is 11.9 Å². The van der Waals surface area contributed by atoms with E-state index < -0.39 is 0 Å². The smallest absolute Gasteiger partial charge is 0.162 e. The van der Waals surface area contributed by atoms with Crippen molar-refractivity contribution in [3.63, 3.8) is 0 Å². The van der Waals surface area contributed by atoms with Crippen LogP contribution in [0, 0.1) is 0 Å². The maximum absolute atomic E-state index is 5.69.